The molecule has 13 heteroatoms. The first-order chi connectivity index (χ1) is 19.3. The number of hydrogen-bond acceptors (Lipinski definition) is 3. The Bertz CT molecular complexity index is 1330. The topological polar surface area (TPSA) is 64.1 Å². The van der Waals surface area contributed by atoms with Gasteiger partial charge >= 0.3 is 24.4 Å². The number of carbonyl (C=O) groups excluding carboxylic acids is 1. The van der Waals surface area contributed by atoms with Crippen LogP contribution in [0.5, 0.6) is 0 Å². The molecule has 230 valence electrons. The van der Waals surface area contributed by atoms with Crippen LogP contribution in [0.2, 0.25) is 0 Å². The van der Waals surface area contributed by atoms with Gasteiger partial charge < -0.3 is 14.9 Å². The molecule has 1 N–H and O–H groups in total. The van der Waals surface area contributed by atoms with Gasteiger partial charge in [0.05, 0.1) is 29.1 Å². The van der Waals surface area contributed by atoms with Crippen LogP contribution in [0.15, 0.2) is 36.4 Å². The molecular formula is C29H32F7N3O3. The minimum atomic E-state index is -5.04. The lowest BCUT2D eigenvalue weighted by molar-refractivity contribution is -0.143. The van der Waals surface area contributed by atoms with Crippen molar-refractivity contribution in [1.82, 2.24) is 14.7 Å². The van der Waals surface area contributed by atoms with Gasteiger partial charge in [0.15, 0.2) is 0 Å². The number of nitrogens with zero attached hydrogens (tertiary/aromatic N) is 3. The second kappa shape index (κ2) is 11.1. The molecule has 2 saturated heterocycles. The lowest BCUT2D eigenvalue weighted by Gasteiger charge is -2.49. The maximum Gasteiger partial charge on any atom is 0.416 e. The fourth-order valence-electron chi connectivity index (χ4n) is 6.29. The number of likely N-dealkylation sites (tertiary alicyclic amines) is 2. The number of alkyl halides is 6. The highest BCUT2D eigenvalue weighted by Gasteiger charge is 2.51. The van der Waals surface area contributed by atoms with Gasteiger partial charge in [-0.15, -0.1) is 0 Å². The molecule has 1 unspecified atom stereocenters. The summed E-state index contributed by atoms with van der Waals surface area (Å²) in [5.74, 6) is -2.03. The summed E-state index contributed by atoms with van der Waals surface area (Å²) >= 11 is 0. The second-order valence-electron chi connectivity index (χ2n) is 11.4. The molecule has 2 amide bonds. The Hall–Kier alpha value is -3.35. The number of piperidine rings is 1. The summed E-state index contributed by atoms with van der Waals surface area (Å²) in [5, 5.41) is 9.64. The van der Waals surface area contributed by atoms with Crippen molar-refractivity contribution in [2.45, 2.75) is 63.1 Å². The van der Waals surface area contributed by atoms with Gasteiger partial charge in [-0.2, -0.15) is 26.3 Å². The fourth-order valence-corrected chi connectivity index (χ4v) is 6.29. The van der Waals surface area contributed by atoms with Crippen LogP contribution in [0.4, 0.5) is 35.5 Å². The third kappa shape index (κ3) is 6.06. The van der Waals surface area contributed by atoms with E-state index in [0.717, 1.165) is 4.90 Å². The molecule has 42 heavy (non-hydrogen) atoms. The summed E-state index contributed by atoms with van der Waals surface area (Å²) in [6.07, 6.45) is -9.01. The third-order valence-electron chi connectivity index (χ3n) is 8.86. The molecule has 2 aromatic carbocycles. The first kappa shape index (κ1) is 31.6. The molecule has 2 aliphatic heterocycles. The maximum atomic E-state index is 14.0. The van der Waals surface area contributed by atoms with E-state index in [1.54, 1.807) is 13.0 Å². The van der Waals surface area contributed by atoms with E-state index < -0.39 is 64.8 Å². The Balaban J connectivity index is 1.70. The largest absolute Gasteiger partial charge is 0.481 e. The molecule has 1 spiro atoms. The molecule has 0 aromatic heterocycles. The van der Waals surface area contributed by atoms with Crippen LogP contribution >= 0.6 is 0 Å². The van der Waals surface area contributed by atoms with Crippen molar-refractivity contribution >= 4 is 12.0 Å². The van der Waals surface area contributed by atoms with E-state index in [0.29, 0.717) is 49.1 Å². The number of carboxylic acids is 1. The van der Waals surface area contributed by atoms with Gasteiger partial charge in [-0.1, -0.05) is 6.07 Å². The van der Waals surface area contributed by atoms with Crippen LogP contribution in [0.1, 0.15) is 66.1 Å². The Morgan fingerprint density at radius 2 is 1.62 bits per heavy atom. The zero-order valence-electron chi connectivity index (χ0n) is 23.5. The molecule has 2 heterocycles. The summed E-state index contributed by atoms with van der Waals surface area (Å²) < 4.78 is 94.9. The van der Waals surface area contributed by atoms with Crippen molar-refractivity contribution in [3.8, 4) is 0 Å². The Labute approximate surface area is 238 Å². The Morgan fingerprint density at radius 3 is 2.12 bits per heavy atom. The average molecular weight is 604 g/mol. The number of hydrogen-bond donors (Lipinski definition) is 1. The molecule has 2 aliphatic rings. The van der Waals surface area contributed by atoms with E-state index in [9.17, 15) is 45.4 Å². The monoisotopic (exact) mass is 603 g/mol. The van der Waals surface area contributed by atoms with Crippen LogP contribution in [0.3, 0.4) is 0 Å². The van der Waals surface area contributed by atoms with E-state index in [-0.39, 0.29) is 18.2 Å². The van der Waals surface area contributed by atoms with Crippen LogP contribution in [0, 0.1) is 18.7 Å². The normalized spacial score (nSPS) is 24.2. The highest BCUT2D eigenvalue weighted by Crippen LogP contribution is 2.48. The van der Waals surface area contributed by atoms with Gasteiger partial charge in [0.1, 0.15) is 5.82 Å². The standard InChI is InChI=1S/C29H32F7N3O3/c1-16-9-22(30)5-6-23(16)24-14-27(13-19(25(40)41)15-37(27)3)7-8-39(24)26(42)38(4)17(2)18-10-20(28(31,32)33)12-21(11-18)29(34,35)36/h5-6,9-12,17,19,24H,7-8,13-15H2,1-4H3,(H,40,41)/t17-,19?,24-,27-/m1/s1. The third-order valence-corrected chi connectivity index (χ3v) is 8.86. The molecule has 2 aromatic rings. The summed E-state index contributed by atoms with van der Waals surface area (Å²) in [4.78, 5) is 30.2. The fraction of sp³-hybridized carbons (Fsp3) is 0.517. The van der Waals surface area contributed by atoms with Gasteiger partial charge in [0.25, 0.3) is 0 Å². The van der Waals surface area contributed by atoms with Crippen LogP contribution in [-0.4, -0.2) is 64.5 Å². The van der Waals surface area contributed by atoms with E-state index in [4.69, 9.17) is 0 Å². The molecule has 0 aliphatic carbocycles. The first-order valence-corrected chi connectivity index (χ1v) is 13.4. The molecule has 4 rings (SSSR count). The van der Waals surface area contributed by atoms with Crippen LogP contribution in [-0.2, 0) is 17.1 Å². The molecule has 0 radical (unpaired) electrons. The second-order valence-corrected chi connectivity index (χ2v) is 11.4. The van der Waals surface area contributed by atoms with Crippen molar-refractivity contribution in [1.29, 1.82) is 0 Å². The highest BCUT2D eigenvalue weighted by molar-refractivity contribution is 5.76. The van der Waals surface area contributed by atoms with Crippen LogP contribution < -0.4 is 0 Å². The smallest absolute Gasteiger partial charge is 0.416 e. The van der Waals surface area contributed by atoms with Gasteiger partial charge in [0.2, 0.25) is 0 Å². The van der Waals surface area contributed by atoms with E-state index in [1.807, 2.05) is 11.9 Å². The number of urea groups is 1. The lowest BCUT2D eigenvalue weighted by Crippen LogP contribution is -2.55. The summed E-state index contributed by atoms with van der Waals surface area (Å²) in [6, 6.07) is 2.91. The average Bonchev–Trinajstić information content (AvgIpc) is 3.21. The van der Waals surface area contributed by atoms with E-state index >= 15 is 0 Å². The summed E-state index contributed by atoms with van der Waals surface area (Å²) in [6.45, 7) is 3.48. The molecule has 4 atom stereocenters. The zero-order chi connectivity index (χ0) is 31.4. The molecular weight excluding hydrogens is 571 g/mol. The Kier molecular flexibility index (Phi) is 8.31. The minimum Gasteiger partial charge on any atom is -0.481 e. The number of aliphatic carboxylic acids is 1. The molecule has 2 fully saturated rings. The number of carbonyl (C=O) groups is 2. The SMILES string of the molecule is Cc1cc(F)ccc1[C@H]1C[C@@]2(CCN1C(=O)N(C)[C@H](C)c1cc(C(F)(F)F)cc(C(F)(F)F)c1)CC(C(=O)O)CN2C. The predicted molar refractivity (Wildman–Crippen MR) is 139 cm³/mol. The first-order valence-electron chi connectivity index (χ1n) is 13.4. The van der Waals surface area contributed by atoms with Crippen molar-refractivity contribution in [3.05, 3.63) is 70.0 Å². The number of rotatable bonds is 4. The number of halogens is 7. The van der Waals surface area contributed by atoms with Gasteiger partial charge in [-0.05, 0) is 87.2 Å². The van der Waals surface area contributed by atoms with Gasteiger partial charge in [-0.25, -0.2) is 9.18 Å². The van der Waals surface area contributed by atoms with E-state index in [1.165, 1.54) is 31.0 Å². The summed E-state index contributed by atoms with van der Waals surface area (Å²) in [5.41, 5.74) is -2.69. The van der Waals surface area contributed by atoms with Crippen molar-refractivity contribution < 1.29 is 45.4 Å². The number of benzene rings is 2. The highest BCUT2D eigenvalue weighted by atomic mass is 19.4. The minimum absolute atomic E-state index is 0.0396. The quantitative estimate of drug-likeness (QED) is 0.387. The molecule has 0 bridgehead atoms. The lowest BCUT2D eigenvalue weighted by atomic mass is 9.77. The Morgan fingerprint density at radius 1 is 1.02 bits per heavy atom. The number of aryl methyl sites for hydroxylation is 1. The summed E-state index contributed by atoms with van der Waals surface area (Å²) in [7, 11) is 3.12. The molecule has 6 nitrogen and oxygen atoms in total. The predicted octanol–water partition coefficient (Wildman–Crippen LogP) is 6.90. The van der Waals surface area contributed by atoms with Gasteiger partial charge in [-0.3, -0.25) is 9.69 Å². The maximum absolute atomic E-state index is 14.0. The molecule has 0 saturated carbocycles. The van der Waals surface area contributed by atoms with Gasteiger partial charge in [0, 0.05) is 25.7 Å². The van der Waals surface area contributed by atoms with Crippen LogP contribution in [0.25, 0.3) is 0 Å². The number of carboxylic acid groups (broad SMARTS) is 1. The number of amides is 2. The zero-order valence-corrected chi connectivity index (χ0v) is 23.5. The van der Waals surface area contributed by atoms with Crippen molar-refractivity contribution in [3.63, 3.8) is 0 Å². The van der Waals surface area contributed by atoms with Crippen molar-refractivity contribution in [2.24, 2.45) is 5.92 Å². The van der Waals surface area contributed by atoms with E-state index in [2.05, 4.69) is 0 Å². The van der Waals surface area contributed by atoms with Crippen molar-refractivity contribution in [2.75, 3.05) is 27.2 Å².